The van der Waals surface area contributed by atoms with Crippen molar-refractivity contribution in [2.24, 2.45) is 4.99 Å². The molecule has 2 amide bonds. The number of fused-ring (bicyclic) bond motifs is 1. The van der Waals surface area contributed by atoms with Crippen molar-refractivity contribution < 1.29 is 19.1 Å². The molecule has 0 radical (unpaired) electrons. The van der Waals surface area contributed by atoms with Crippen LogP contribution in [0.3, 0.4) is 0 Å². The molecule has 0 bridgehead atoms. The third-order valence-electron chi connectivity index (χ3n) is 8.71. The molecule has 1 aromatic heterocycles. The molecule has 0 spiro atoms. The Morgan fingerprint density at radius 2 is 1.70 bits per heavy atom. The number of aromatic nitrogens is 1. The topological polar surface area (TPSA) is 104 Å². The Labute approximate surface area is 248 Å². The van der Waals surface area contributed by atoms with Gasteiger partial charge in [0.25, 0.3) is 11.8 Å². The summed E-state index contributed by atoms with van der Waals surface area (Å²) in [4.78, 5) is 42.2. The van der Waals surface area contributed by atoms with Gasteiger partial charge in [0.05, 0.1) is 18.0 Å². The third kappa shape index (κ3) is 5.01. The van der Waals surface area contributed by atoms with Gasteiger partial charge in [0.15, 0.2) is 0 Å². The van der Waals surface area contributed by atoms with E-state index in [-0.39, 0.29) is 18.1 Å². The van der Waals surface area contributed by atoms with Gasteiger partial charge in [0, 0.05) is 73.4 Å². The number of anilines is 1. The van der Waals surface area contributed by atoms with Gasteiger partial charge in [-0.05, 0) is 30.2 Å². The quantitative estimate of drug-likeness (QED) is 0.312. The molecule has 1 saturated heterocycles. The highest BCUT2D eigenvalue weighted by atomic mass is 19.1. The monoisotopic (exact) mass is 580 g/mol. The molecule has 0 aliphatic carbocycles. The standard InChI is InChI=1S/C33H33FN6O3/c34-26-10-3-1-8-23(26)28-24-9-5-6-21-12-13-40(30(21)24)33(43)31(36-28)37-32(42)29-25(22-7-2-4-11-27(22)35-29)20-39-16-14-38(15-17-39)18-19-41/h1-11,31,35,41H,12-20H2,(H,37,42)/t31-/m1/s1. The molecule has 220 valence electrons. The van der Waals surface area contributed by atoms with Crippen molar-refractivity contribution in [3.8, 4) is 0 Å². The normalized spacial score (nSPS) is 18.9. The van der Waals surface area contributed by atoms with Crippen LogP contribution in [-0.4, -0.2) is 89.5 Å². The summed E-state index contributed by atoms with van der Waals surface area (Å²) in [6, 6.07) is 19.9. The van der Waals surface area contributed by atoms with Crippen molar-refractivity contribution >= 4 is 34.1 Å². The van der Waals surface area contributed by atoms with Crippen molar-refractivity contribution in [1.29, 1.82) is 0 Å². The summed E-state index contributed by atoms with van der Waals surface area (Å²) in [7, 11) is 0. The molecule has 3 N–H and O–H groups in total. The van der Waals surface area contributed by atoms with Gasteiger partial charge in [0.1, 0.15) is 11.5 Å². The number of halogens is 1. The molecule has 0 saturated carbocycles. The maximum Gasteiger partial charge on any atom is 0.272 e. The Morgan fingerprint density at radius 1 is 0.953 bits per heavy atom. The molecule has 3 aliphatic heterocycles. The average Bonchev–Trinajstić information content (AvgIpc) is 3.60. The fourth-order valence-corrected chi connectivity index (χ4v) is 6.52. The minimum atomic E-state index is -1.23. The number of H-pyrrole nitrogens is 1. The average molecular weight is 581 g/mol. The zero-order valence-corrected chi connectivity index (χ0v) is 23.7. The number of hydrogen-bond donors (Lipinski definition) is 3. The molecule has 7 rings (SSSR count). The van der Waals surface area contributed by atoms with Gasteiger partial charge in [-0.3, -0.25) is 19.4 Å². The number of nitrogens with one attached hydrogen (secondary N) is 2. The van der Waals surface area contributed by atoms with Gasteiger partial charge < -0.3 is 20.3 Å². The van der Waals surface area contributed by atoms with E-state index < -0.39 is 17.9 Å². The highest BCUT2D eigenvalue weighted by Gasteiger charge is 2.38. The summed E-state index contributed by atoms with van der Waals surface area (Å²) in [6.07, 6.45) is -0.556. The number of carbonyl (C=O) groups excluding carboxylic acids is 2. The lowest BCUT2D eigenvalue weighted by atomic mass is 9.98. The first kappa shape index (κ1) is 27.5. The number of hydrogen-bond acceptors (Lipinski definition) is 6. The Balaban J connectivity index is 1.24. The zero-order chi connectivity index (χ0) is 29.5. The second-order valence-electron chi connectivity index (χ2n) is 11.3. The summed E-state index contributed by atoms with van der Waals surface area (Å²) < 4.78 is 15.1. The molecule has 1 fully saturated rings. The predicted molar refractivity (Wildman–Crippen MR) is 163 cm³/mol. The molecule has 0 unspecified atom stereocenters. The molecule has 4 heterocycles. The van der Waals surface area contributed by atoms with Crippen LogP contribution in [0.4, 0.5) is 10.1 Å². The van der Waals surface area contributed by atoms with Crippen LogP contribution in [0.2, 0.25) is 0 Å². The molecule has 10 heteroatoms. The molecule has 4 aromatic rings. The maximum absolute atomic E-state index is 15.1. The number of aromatic amines is 1. The number of piperazine rings is 1. The van der Waals surface area contributed by atoms with Crippen LogP contribution in [0.1, 0.15) is 32.7 Å². The van der Waals surface area contributed by atoms with E-state index in [1.807, 2.05) is 42.5 Å². The Morgan fingerprint density at radius 3 is 2.51 bits per heavy atom. The lowest BCUT2D eigenvalue weighted by Crippen LogP contribution is -2.48. The molecular formula is C33H33FN6O3. The van der Waals surface area contributed by atoms with Crippen LogP contribution in [0.5, 0.6) is 0 Å². The number of amides is 2. The number of carbonyl (C=O) groups is 2. The molecule has 9 nitrogen and oxygen atoms in total. The molecular weight excluding hydrogens is 547 g/mol. The van der Waals surface area contributed by atoms with Crippen molar-refractivity contribution in [2.45, 2.75) is 19.1 Å². The minimum Gasteiger partial charge on any atom is -0.395 e. The fourth-order valence-electron chi connectivity index (χ4n) is 6.52. The third-order valence-corrected chi connectivity index (χ3v) is 8.71. The number of aliphatic hydroxyl groups is 1. The lowest BCUT2D eigenvalue weighted by Gasteiger charge is -2.34. The number of β-amino-alcohol motifs (C(OH)–C–C–N with tert-alkyl or cyclic N) is 1. The summed E-state index contributed by atoms with van der Waals surface area (Å²) in [5.41, 5.74) is 5.11. The van der Waals surface area contributed by atoms with Gasteiger partial charge in [-0.25, -0.2) is 9.38 Å². The number of para-hydroxylation sites is 2. The minimum absolute atomic E-state index is 0.136. The maximum atomic E-state index is 15.1. The fraction of sp³-hybridized carbons (Fsp3) is 0.303. The molecule has 1 atom stereocenters. The number of aliphatic imine (C=N–C) groups is 1. The predicted octanol–water partition coefficient (Wildman–Crippen LogP) is 2.91. The van der Waals surface area contributed by atoms with E-state index in [0.29, 0.717) is 43.0 Å². The van der Waals surface area contributed by atoms with Crippen LogP contribution in [0, 0.1) is 5.82 Å². The highest BCUT2D eigenvalue weighted by molar-refractivity contribution is 6.21. The highest BCUT2D eigenvalue weighted by Crippen LogP contribution is 2.36. The van der Waals surface area contributed by atoms with Gasteiger partial charge >= 0.3 is 0 Å². The van der Waals surface area contributed by atoms with Crippen molar-refractivity contribution in [1.82, 2.24) is 20.1 Å². The van der Waals surface area contributed by atoms with E-state index in [2.05, 4.69) is 20.1 Å². The SMILES string of the molecule is O=C(N[C@H]1N=C(c2ccccc2F)c2cccc3c2N(CC3)C1=O)c1[nH]c2ccccc2c1CN1CCN(CCO)CC1. The largest absolute Gasteiger partial charge is 0.395 e. The molecule has 3 aromatic carbocycles. The summed E-state index contributed by atoms with van der Waals surface area (Å²) >= 11 is 0. The van der Waals surface area contributed by atoms with Gasteiger partial charge in [-0.2, -0.15) is 0 Å². The van der Waals surface area contributed by atoms with E-state index >= 15 is 4.39 Å². The first-order valence-electron chi connectivity index (χ1n) is 14.7. The van der Waals surface area contributed by atoms with E-state index in [9.17, 15) is 14.7 Å². The summed E-state index contributed by atoms with van der Waals surface area (Å²) in [6.45, 7) is 5.13. The van der Waals surface area contributed by atoms with Crippen molar-refractivity contribution in [3.63, 3.8) is 0 Å². The number of nitrogens with zero attached hydrogens (tertiary/aromatic N) is 4. The van der Waals surface area contributed by atoms with Crippen molar-refractivity contribution in [3.05, 3.63) is 100 Å². The smallest absolute Gasteiger partial charge is 0.272 e. The lowest BCUT2D eigenvalue weighted by molar-refractivity contribution is -0.120. The second kappa shape index (κ2) is 11.4. The van der Waals surface area contributed by atoms with Gasteiger partial charge in [-0.1, -0.05) is 48.5 Å². The zero-order valence-electron chi connectivity index (χ0n) is 23.7. The summed E-state index contributed by atoms with van der Waals surface area (Å²) in [5, 5.41) is 13.2. The Kier molecular flexibility index (Phi) is 7.26. The number of rotatable bonds is 7. The first-order chi connectivity index (χ1) is 21.0. The molecule has 43 heavy (non-hydrogen) atoms. The Bertz CT molecular complexity index is 1740. The van der Waals surface area contributed by atoms with E-state index in [0.717, 1.165) is 53.9 Å². The first-order valence-corrected chi connectivity index (χ1v) is 14.7. The van der Waals surface area contributed by atoms with E-state index in [1.54, 1.807) is 23.1 Å². The van der Waals surface area contributed by atoms with Crippen LogP contribution in [0.25, 0.3) is 10.9 Å². The number of benzene rings is 3. The van der Waals surface area contributed by atoms with Gasteiger partial charge in [0.2, 0.25) is 6.17 Å². The molecule has 3 aliphatic rings. The second-order valence-corrected chi connectivity index (χ2v) is 11.3. The van der Waals surface area contributed by atoms with E-state index in [1.165, 1.54) is 6.07 Å². The van der Waals surface area contributed by atoms with Crippen molar-refractivity contribution in [2.75, 3.05) is 50.8 Å². The van der Waals surface area contributed by atoms with E-state index in [4.69, 9.17) is 4.99 Å². The van der Waals surface area contributed by atoms with Crippen LogP contribution >= 0.6 is 0 Å². The van der Waals surface area contributed by atoms with Crippen LogP contribution < -0.4 is 10.2 Å². The summed E-state index contributed by atoms with van der Waals surface area (Å²) in [5.74, 6) is -1.23. The van der Waals surface area contributed by atoms with Gasteiger partial charge in [-0.15, -0.1) is 0 Å². The Hall–Kier alpha value is -4.38. The van der Waals surface area contributed by atoms with Crippen LogP contribution in [0.15, 0.2) is 71.7 Å². The van der Waals surface area contributed by atoms with Crippen LogP contribution in [-0.2, 0) is 17.8 Å². The number of aliphatic hydroxyl groups excluding tert-OH is 1.